The molecular formula is C24H28O2. The highest BCUT2D eigenvalue weighted by Crippen LogP contribution is 2.30. The molecule has 0 aromatic heterocycles. The Bertz CT molecular complexity index is 749. The summed E-state index contributed by atoms with van der Waals surface area (Å²) in [6.07, 6.45) is 9.01. The number of ketones is 2. The summed E-state index contributed by atoms with van der Waals surface area (Å²) in [7, 11) is 0. The highest BCUT2D eigenvalue weighted by molar-refractivity contribution is 6.28. The summed E-state index contributed by atoms with van der Waals surface area (Å²) < 4.78 is 0. The van der Waals surface area contributed by atoms with E-state index in [0.29, 0.717) is 22.3 Å². The van der Waals surface area contributed by atoms with Gasteiger partial charge in [-0.3, -0.25) is 9.59 Å². The Morgan fingerprint density at radius 2 is 1.04 bits per heavy atom. The van der Waals surface area contributed by atoms with Crippen LogP contribution in [-0.2, 0) is 12.8 Å². The van der Waals surface area contributed by atoms with E-state index in [0.717, 1.165) is 25.7 Å². The van der Waals surface area contributed by atoms with Gasteiger partial charge in [0.15, 0.2) is 11.6 Å². The van der Waals surface area contributed by atoms with Gasteiger partial charge in [-0.15, -0.1) is 0 Å². The van der Waals surface area contributed by atoms with Crippen molar-refractivity contribution in [2.45, 2.75) is 65.2 Å². The van der Waals surface area contributed by atoms with Gasteiger partial charge in [-0.25, -0.2) is 0 Å². The lowest BCUT2D eigenvalue weighted by Gasteiger charge is -2.20. The Labute approximate surface area is 156 Å². The SMILES string of the molecule is CCCCCc1cc2c(cc1CCCCC)C(=O)c1ccccc1C2=O. The molecule has 0 unspecified atom stereocenters. The van der Waals surface area contributed by atoms with Crippen LogP contribution in [0.5, 0.6) is 0 Å². The van der Waals surface area contributed by atoms with Crippen LogP contribution in [-0.4, -0.2) is 11.6 Å². The van der Waals surface area contributed by atoms with Gasteiger partial charge in [0.1, 0.15) is 0 Å². The third kappa shape index (κ3) is 3.65. The molecule has 136 valence electrons. The topological polar surface area (TPSA) is 34.1 Å². The molecule has 2 aromatic carbocycles. The molecule has 2 nitrogen and oxygen atoms in total. The van der Waals surface area contributed by atoms with Crippen molar-refractivity contribution in [3.05, 3.63) is 69.8 Å². The summed E-state index contributed by atoms with van der Waals surface area (Å²) in [6.45, 7) is 4.41. The molecule has 0 saturated heterocycles. The molecule has 0 bridgehead atoms. The molecule has 26 heavy (non-hydrogen) atoms. The molecule has 0 saturated carbocycles. The molecule has 2 heteroatoms. The maximum atomic E-state index is 13.0. The minimum absolute atomic E-state index is 0.00736. The van der Waals surface area contributed by atoms with Crippen molar-refractivity contribution >= 4 is 11.6 Å². The fourth-order valence-electron chi connectivity index (χ4n) is 3.83. The number of rotatable bonds is 8. The van der Waals surface area contributed by atoms with E-state index in [2.05, 4.69) is 13.8 Å². The van der Waals surface area contributed by atoms with Crippen molar-refractivity contribution in [1.82, 2.24) is 0 Å². The second kappa shape index (κ2) is 8.44. The average molecular weight is 348 g/mol. The minimum Gasteiger partial charge on any atom is -0.289 e. The average Bonchev–Trinajstić information content (AvgIpc) is 2.67. The summed E-state index contributed by atoms with van der Waals surface area (Å²) in [5.74, 6) is -0.0147. The lowest BCUT2D eigenvalue weighted by Crippen LogP contribution is -2.21. The summed E-state index contributed by atoms with van der Waals surface area (Å²) in [6, 6.07) is 11.2. The number of unbranched alkanes of at least 4 members (excludes halogenated alkanes) is 4. The molecule has 0 spiro atoms. The Hall–Kier alpha value is -2.22. The molecule has 1 aliphatic rings. The number of fused-ring (bicyclic) bond motifs is 2. The van der Waals surface area contributed by atoms with Crippen LogP contribution in [0.15, 0.2) is 36.4 Å². The maximum Gasteiger partial charge on any atom is 0.194 e. The number of hydrogen-bond acceptors (Lipinski definition) is 2. The quantitative estimate of drug-likeness (QED) is 0.473. The van der Waals surface area contributed by atoms with Crippen molar-refractivity contribution in [3.8, 4) is 0 Å². The Balaban J connectivity index is 2.01. The maximum absolute atomic E-state index is 13.0. The van der Waals surface area contributed by atoms with Crippen molar-refractivity contribution in [2.24, 2.45) is 0 Å². The number of aryl methyl sites for hydroxylation is 2. The van der Waals surface area contributed by atoms with Crippen LogP contribution in [0.25, 0.3) is 0 Å². The van der Waals surface area contributed by atoms with E-state index >= 15 is 0 Å². The highest BCUT2D eigenvalue weighted by atomic mass is 16.1. The smallest absolute Gasteiger partial charge is 0.194 e. The van der Waals surface area contributed by atoms with Gasteiger partial charge in [0.25, 0.3) is 0 Å². The first-order valence-electron chi connectivity index (χ1n) is 10.0. The number of carbonyl (C=O) groups excluding carboxylic acids is 2. The van der Waals surface area contributed by atoms with Crippen molar-refractivity contribution in [1.29, 1.82) is 0 Å². The molecule has 0 atom stereocenters. The monoisotopic (exact) mass is 348 g/mol. The molecule has 0 aliphatic heterocycles. The van der Waals surface area contributed by atoms with E-state index in [1.807, 2.05) is 24.3 Å². The standard InChI is InChI=1S/C24H28O2/c1-3-5-7-11-17-15-21-22(16-18(17)12-8-6-4-2)24(26)20-14-10-9-13-19(20)23(21)25/h9-10,13-16H,3-8,11-12H2,1-2H3. The van der Waals surface area contributed by atoms with Gasteiger partial charge < -0.3 is 0 Å². The van der Waals surface area contributed by atoms with E-state index in [1.54, 1.807) is 12.1 Å². The van der Waals surface area contributed by atoms with E-state index < -0.39 is 0 Å². The normalized spacial score (nSPS) is 12.8. The summed E-state index contributed by atoms with van der Waals surface area (Å²) in [4.78, 5) is 25.9. The van der Waals surface area contributed by atoms with Crippen LogP contribution in [0.4, 0.5) is 0 Å². The molecule has 1 aliphatic carbocycles. The summed E-state index contributed by atoms with van der Waals surface area (Å²) in [5, 5.41) is 0. The van der Waals surface area contributed by atoms with Gasteiger partial charge in [0, 0.05) is 22.3 Å². The van der Waals surface area contributed by atoms with Gasteiger partial charge in [0.2, 0.25) is 0 Å². The van der Waals surface area contributed by atoms with Crippen LogP contribution in [0, 0.1) is 0 Å². The third-order valence-electron chi connectivity index (χ3n) is 5.34. The second-order valence-electron chi connectivity index (χ2n) is 7.28. The fraction of sp³-hybridized carbons (Fsp3) is 0.417. The van der Waals surface area contributed by atoms with Crippen molar-refractivity contribution in [2.75, 3.05) is 0 Å². The summed E-state index contributed by atoms with van der Waals surface area (Å²) in [5.41, 5.74) is 4.80. The van der Waals surface area contributed by atoms with Crippen molar-refractivity contribution in [3.63, 3.8) is 0 Å². The third-order valence-corrected chi connectivity index (χ3v) is 5.34. The van der Waals surface area contributed by atoms with Crippen LogP contribution in [0.2, 0.25) is 0 Å². The molecule has 2 aromatic rings. The van der Waals surface area contributed by atoms with Gasteiger partial charge in [-0.1, -0.05) is 63.8 Å². The first-order valence-corrected chi connectivity index (χ1v) is 10.0. The van der Waals surface area contributed by atoms with Crippen LogP contribution in [0.3, 0.4) is 0 Å². The number of benzene rings is 2. The Morgan fingerprint density at radius 3 is 1.42 bits per heavy atom. The van der Waals surface area contributed by atoms with Crippen LogP contribution in [0.1, 0.15) is 95.3 Å². The zero-order valence-electron chi connectivity index (χ0n) is 15.9. The zero-order valence-corrected chi connectivity index (χ0v) is 15.9. The molecule has 0 heterocycles. The Morgan fingerprint density at radius 1 is 0.615 bits per heavy atom. The lowest BCUT2D eigenvalue weighted by atomic mass is 9.81. The van der Waals surface area contributed by atoms with Gasteiger partial charge >= 0.3 is 0 Å². The minimum atomic E-state index is -0.00736. The van der Waals surface area contributed by atoms with E-state index in [4.69, 9.17) is 0 Å². The summed E-state index contributed by atoms with van der Waals surface area (Å²) >= 11 is 0. The van der Waals surface area contributed by atoms with Crippen LogP contribution < -0.4 is 0 Å². The largest absolute Gasteiger partial charge is 0.289 e. The van der Waals surface area contributed by atoms with E-state index in [-0.39, 0.29) is 11.6 Å². The molecule has 0 N–H and O–H groups in total. The number of hydrogen-bond donors (Lipinski definition) is 0. The van der Waals surface area contributed by atoms with Crippen LogP contribution >= 0.6 is 0 Å². The molecule has 0 amide bonds. The van der Waals surface area contributed by atoms with Gasteiger partial charge in [-0.2, -0.15) is 0 Å². The molecular weight excluding hydrogens is 320 g/mol. The lowest BCUT2D eigenvalue weighted by molar-refractivity contribution is 0.0979. The van der Waals surface area contributed by atoms with Gasteiger partial charge in [-0.05, 0) is 48.9 Å². The Kier molecular flexibility index (Phi) is 6.03. The highest BCUT2D eigenvalue weighted by Gasteiger charge is 2.30. The van der Waals surface area contributed by atoms with E-state index in [9.17, 15) is 9.59 Å². The molecule has 0 fully saturated rings. The molecule has 3 rings (SSSR count). The first-order chi connectivity index (χ1) is 12.7. The van der Waals surface area contributed by atoms with E-state index in [1.165, 1.54) is 36.8 Å². The zero-order chi connectivity index (χ0) is 18.5. The first kappa shape index (κ1) is 18.6. The van der Waals surface area contributed by atoms with Crippen molar-refractivity contribution < 1.29 is 9.59 Å². The fourth-order valence-corrected chi connectivity index (χ4v) is 3.83. The predicted molar refractivity (Wildman–Crippen MR) is 106 cm³/mol. The molecule has 0 radical (unpaired) electrons. The van der Waals surface area contributed by atoms with Gasteiger partial charge in [0.05, 0.1) is 0 Å². The predicted octanol–water partition coefficient (Wildman–Crippen LogP) is 5.93. The number of carbonyl (C=O) groups is 2. The second-order valence-corrected chi connectivity index (χ2v) is 7.28.